The maximum Gasteiger partial charge on any atom is 0.242 e. The molecule has 0 spiro atoms. The predicted octanol–water partition coefficient (Wildman–Crippen LogP) is 2.92. The minimum atomic E-state index is -0.543. The van der Waals surface area contributed by atoms with Gasteiger partial charge in [0.2, 0.25) is 11.8 Å². The van der Waals surface area contributed by atoms with Gasteiger partial charge in [0.15, 0.2) is 0 Å². The van der Waals surface area contributed by atoms with Crippen LogP contribution in [0.1, 0.15) is 24.5 Å². The van der Waals surface area contributed by atoms with E-state index in [1.807, 2.05) is 37.3 Å². The highest BCUT2D eigenvalue weighted by Crippen LogP contribution is 2.15. The van der Waals surface area contributed by atoms with Gasteiger partial charge in [0.1, 0.15) is 11.9 Å². The Balaban J connectivity index is 2.23. The molecule has 0 heterocycles. The quantitative estimate of drug-likeness (QED) is 0.841. The van der Waals surface area contributed by atoms with E-state index in [-0.39, 0.29) is 24.1 Å². The highest BCUT2D eigenvalue weighted by molar-refractivity contribution is 5.88. The van der Waals surface area contributed by atoms with Gasteiger partial charge in [-0.15, -0.1) is 0 Å². The highest BCUT2D eigenvalue weighted by Gasteiger charge is 2.27. The summed E-state index contributed by atoms with van der Waals surface area (Å²) < 4.78 is 13.1. The van der Waals surface area contributed by atoms with E-state index in [1.54, 1.807) is 24.1 Å². The summed E-state index contributed by atoms with van der Waals surface area (Å²) in [6, 6.07) is 14.9. The van der Waals surface area contributed by atoms with Crippen LogP contribution in [0.25, 0.3) is 0 Å². The molecule has 0 saturated heterocycles. The van der Waals surface area contributed by atoms with Crippen molar-refractivity contribution in [1.82, 2.24) is 10.2 Å². The number of carbonyl (C=O) groups is 2. The molecule has 0 aliphatic heterocycles. The molecule has 132 valence electrons. The molecule has 0 saturated carbocycles. The van der Waals surface area contributed by atoms with Crippen LogP contribution in [0.4, 0.5) is 4.39 Å². The van der Waals surface area contributed by atoms with E-state index < -0.39 is 6.04 Å². The lowest BCUT2D eigenvalue weighted by molar-refractivity contribution is -0.140. The number of nitrogens with one attached hydrogen (secondary N) is 1. The minimum Gasteiger partial charge on any atom is -0.357 e. The van der Waals surface area contributed by atoms with Crippen LogP contribution in [0.2, 0.25) is 0 Å². The highest BCUT2D eigenvalue weighted by atomic mass is 19.1. The van der Waals surface area contributed by atoms with Gasteiger partial charge in [0, 0.05) is 13.6 Å². The van der Waals surface area contributed by atoms with Gasteiger partial charge in [0.05, 0.1) is 6.42 Å². The monoisotopic (exact) mass is 342 g/mol. The number of amides is 2. The third-order valence-corrected chi connectivity index (χ3v) is 4.10. The lowest BCUT2D eigenvalue weighted by Crippen LogP contribution is -2.48. The summed E-state index contributed by atoms with van der Waals surface area (Å²) in [5.74, 6) is -0.689. The Morgan fingerprint density at radius 1 is 1.04 bits per heavy atom. The number of carbonyl (C=O) groups excluding carboxylic acids is 2. The zero-order valence-corrected chi connectivity index (χ0v) is 14.5. The first kappa shape index (κ1) is 18.6. The third-order valence-electron chi connectivity index (χ3n) is 4.10. The van der Waals surface area contributed by atoms with Crippen LogP contribution in [0, 0.1) is 5.82 Å². The average molecular weight is 342 g/mol. The predicted molar refractivity (Wildman–Crippen MR) is 95.2 cm³/mol. The Labute approximate surface area is 147 Å². The van der Waals surface area contributed by atoms with Gasteiger partial charge in [-0.1, -0.05) is 49.4 Å². The second-order valence-electron chi connectivity index (χ2n) is 5.85. The van der Waals surface area contributed by atoms with E-state index in [2.05, 4.69) is 5.32 Å². The molecule has 2 aromatic rings. The number of halogens is 1. The summed E-state index contributed by atoms with van der Waals surface area (Å²) in [4.78, 5) is 26.7. The molecular weight excluding hydrogens is 319 g/mol. The van der Waals surface area contributed by atoms with Crippen LogP contribution >= 0.6 is 0 Å². The summed E-state index contributed by atoms with van der Waals surface area (Å²) in [5, 5.41) is 2.63. The standard InChI is InChI=1S/C20H23FN2O2/c1-3-18(20(25)22-2)23(14-16-7-5-4-6-8-16)19(24)13-15-9-11-17(21)12-10-15/h4-12,18H,3,13-14H2,1-2H3,(H,22,25)/t18-/m0/s1. The topological polar surface area (TPSA) is 49.4 Å². The fourth-order valence-corrected chi connectivity index (χ4v) is 2.74. The van der Waals surface area contributed by atoms with Crippen molar-refractivity contribution in [3.05, 3.63) is 71.5 Å². The largest absolute Gasteiger partial charge is 0.357 e. The second kappa shape index (κ2) is 8.97. The van der Waals surface area contributed by atoms with Crippen molar-refractivity contribution < 1.29 is 14.0 Å². The van der Waals surface area contributed by atoms with Crippen LogP contribution in [0.15, 0.2) is 54.6 Å². The van der Waals surface area contributed by atoms with E-state index in [0.29, 0.717) is 13.0 Å². The first-order valence-electron chi connectivity index (χ1n) is 8.34. The molecule has 4 nitrogen and oxygen atoms in total. The summed E-state index contributed by atoms with van der Waals surface area (Å²) in [5.41, 5.74) is 1.67. The number of benzene rings is 2. The molecule has 1 atom stereocenters. The van der Waals surface area contributed by atoms with Crippen molar-refractivity contribution in [3.8, 4) is 0 Å². The second-order valence-corrected chi connectivity index (χ2v) is 5.85. The summed E-state index contributed by atoms with van der Waals surface area (Å²) >= 11 is 0. The molecule has 0 aliphatic carbocycles. The van der Waals surface area contributed by atoms with E-state index in [1.165, 1.54) is 12.1 Å². The number of nitrogens with zero attached hydrogens (tertiary/aromatic N) is 1. The Morgan fingerprint density at radius 2 is 1.68 bits per heavy atom. The molecule has 2 aromatic carbocycles. The summed E-state index contributed by atoms with van der Waals surface area (Å²) in [6.45, 7) is 2.23. The van der Waals surface area contributed by atoms with Crippen LogP contribution < -0.4 is 5.32 Å². The van der Waals surface area contributed by atoms with E-state index >= 15 is 0 Å². The molecule has 0 unspecified atom stereocenters. The number of likely N-dealkylation sites (N-methyl/N-ethyl adjacent to an activating group) is 1. The SMILES string of the molecule is CC[C@@H](C(=O)NC)N(Cc1ccccc1)C(=O)Cc1ccc(F)cc1. The molecular formula is C20H23FN2O2. The molecule has 0 aromatic heterocycles. The lowest BCUT2D eigenvalue weighted by Gasteiger charge is -2.30. The number of rotatable bonds is 7. The van der Waals surface area contributed by atoms with Crippen LogP contribution in [-0.2, 0) is 22.6 Å². The van der Waals surface area contributed by atoms with Gasteiger partial charge in [0.25, 0.3) is 0 Å². The van der Waals surface area contributed by atoms with Crippen molar-refractivity contribution >= 4 is 11.8 Å². The maximum atomic E-state index is 13.1. The summed E-state index contributed by atoms with van der Waals surface area (Å²) in [7, 11) is 1.57. The molecule has 0 radical (unpaired) electrons. The van der Waals surface area contributed by atoms with Gasteiger partial charge >= 0.3 is 0 Å². The van der Waals surface area contributed by atoms with Crippen molar-refractivity contribution in [1.29, 1.82) is 0 Å². The zero-order chi connectivity index (χ0) is 18.2. The van der Waals surface area contributed by atoms with E-state index in [4.69, 9.17) is 0 Å². The summed E-state index contributed by atoms with van der Waals surface area (Å²) in [6.07, 6.45) is 0.641. The molecule has 2 rings (SSSR count). The normalized spacial score (nSPS) is 11.6. The molecule has 25 heavy (non-hydrogen) atoms. The lowest BCUT2D eigenvalue weighted by atomic mass is 10.1. The fraction of sp³-hybridized carbons (Fsp3) is 0.300. The van der Waals surface area contributed by atoms with Crippen LogP contribution in [-0.4, -0.2) is 29.8 Å². The Kier molecular flexibility index (Phi) is 6.69. The van der Waals surface area contributed by atoms with Crippen molar-refractivity contribution in [2.24, 2.45) is 0 Å². The van der Waals surface area contributed by atoms with Gasteiger partial charge in [-0.25, -0.2) is 4.39 Å². The minimum absolute atomic E-state index is 0.126. The average Bonchev–Trinajstić information content (AvgIpc) is 2.64. The van der Waals surface area contributed by atoms with E-state index in [9.17, 15) is 14.0 Å². The Bertz CT molecular complexity index is 701. The molecule has 2 amide bonds. The van der Waals surface area contributed by atoms with Crippen molar-refractivity contribution in [2.75, 3.05) is 7.05 Å². The molecule has 0 bridgehead atoms. The molecule has 0 aliphatic rings. The van der Waals surface area contributed by atoms with Crippen molar-refractivity contribution in [3.63, 3.8) is 0 Å². The smallest absolute Gasteiger partial charge is 0.242 e. The van der Waals surface area contributed by atoms with Crippen LogP contribution in [0.3, 0.4) is 0 Å². The zero-order valence-electron chi connectivity index (χ0n) is 14.5. The molecule has 0 fully saturated rings. The first-order chi connectivity index (χ1) is 12.0. The van der Waals surface area contributed by atoms with E-state index in [0.717, 1.165) is 11.1 Å². The number of hydrogen-bond donors (Lipinski definition) is 1. The molecule has 5 heteroatoms. The Morgan fingerprint density at radius 3 is 2.24 bits per heavy atom. The van der Waals surface area contributed by atoms with Crippen LogP contribution in [0.5, 0.6) is 0 Å². The van der Waals surface area contributed by atoms with Gasteiger partial charge in [-0.3, -0.25) is 9.59 Å². The van der Waals surface area contributed by atoms with Gasteiger partial charge in [-0.2, -0.15) is 0 Å². The Hall–Kier alpha value is -2.69. The van der Waals surface area contributed by atoms with Gasteiger partial charge < -0.3 is 10.2 Å². The fourth-order valence-electron chi connectivity index (χ4n) is 2.74. The number of hydrogen-bond acceptors (Lipinski definition) is 2. The molecule has 1 N–H and O–H groups in total. The third kappa shape index (κ3) is 5.14. The first-order valence-corrected chi connectivity index (χ1v) is 8.34. The maximum absolute atomic E-state index is 13.1. The van der Waals surface area contributed by atoms with Crippen molar-refractivity contribution in [2.45, 2.75) is 32.4 Å². The van der Waals surface area contributed by atoms with Gasteiger partial charge in [-0.05, 0) is 29.7 Å².